The second-order valence-corrected chi connectivity index (χ2v) is 7.02. The molecule has 3 amide bonds. The lowest BCUT2D eigenvalue weighted by atomic mass is 9.75. The quantitative estimate of drug-likeness (QED) is 0.721. The van der Waals surface area contributed by atoms with E-state index in [0.717, 1.165) is 19.3 Å². The Bertz CT molecular complexity index is 623. The maximum Gasteiger partial charge on any atom is 0.417 e. The number of hydrogen-bond acceptors (Lipinski definition) is 4. The van der Waals surface area contributed by atoms with Gasteiger partial charge < -0.3 is 14.5 Å². The summed E-state index contributed by atoms with van der Waals surface area (Å²) in [6, 6.07) is 0. The summed E-state index contributed by atoms with van der Waals surface area (Å²) in [5.74, 6) is -0.969. The molecule has 2 saturated heterocycles. The molecule has 0 aromatic rings. The first-order chi connectivity index (χ1) is 12.5. The van der Waals surface area contributed by atoms with Crippen molar-refractivity contribution in [3.63, 3.8) is 0 Å². The normalized spacial score (nSPS) is 24.5. The number of carbonyl (C=O) groups excluding carboxylic acids is 3. The predicted octanol–water partition coefficient (Wildman–Crippen LogP) is 1.96. The standard InChI is InChI=1S/C19H27N3O4/c1-3-20-14-19(8-12-22(13-9-19)18(25)26-4-2)15(16(20)23)17(24)21-10-6-5-7-11-21/h8-9,12-13,15H,3-7,10-11,14H2,1-2H3. The molecule has 0 bridgehead atoms. The van der Waals surface area contributed by atoms with Crippen molar-refractivity contribution in [2.75, 3.05) is 32.8 Å². The molecule has 0 aliphatic carbocycles. The Kier molecular flexibility index (Phi) is 5.34. The number of hydrogen-bond donors (Lipinski definition) is 0. The van der Waals surface area contributed by atoms with Crippen LogP contribution in [-0.4, -0.2) is 65.4 Å². The third-order valence-electron chi connectivity index (χ3n) is 5.43. The van der Waals surface area contributed by atoms with Crippen LogP contribution in [0.15, 0.2) is 24.6 Å². The van der Waals surface area contributed by atoms with Crippen molar-refractivity contribution in [1.82, 2.24) is 14.7 Å². The Labute approximate surface area is 154 Å². The molecule has 26 heavy (non-hydrogen) atoms. The van der Waals surface area contributed by atoms with Crippen LogP contribution in [0.5, 0.6) is 0 Å². The molecule has 1 unspecified atom stereocenters. The number of nitrogens with zero attached hydrogens (tertiary/aromatic N) is 3. The maximum atomic E-state index is 13.2. The van der Waals surface area contributed by atoms with Gasteiger partial charge in [-0.05, 0) is 33.1 Å². The molecule has 0 N–H and O–H groups in total. The van der Waals surface area contributed by atoms with Gasteiger partial charge >= 0.3 is 6.09 Å². The summed E-state index contributed by atoms with van der Waals surface area (Å²) in [5, 5.41) is 0. The molecule has 142 valence electrons. The van der Waals surface area contributed by atoms with Crippen LogP contribution in [0.4, 0.5) is 4.79 Å². The van der Waals surface area contributed by atoms with Gasteiger partial charge in [-0.1, -0.05) is 12.2 Å². The molecule has 0 aromatic carbocycles. The summed E-state index contributed by atoms with van der Waals surface area (Å²) in [6.45, 7) is 6.41. The van der Waals surface area contributed by atoms with Gasteiger partial charge in [0.1, 0.15) is 5.92 Å². The van der Waals surface area contributed by atoms with Gasteiger partial charge in [0, 0.05) is 44.0 Å². The molecular formula is C19H27N3O4. The zero-order valence-electron chi connectivity index (χ0n) is 15.5. The average molecular weight is 361 g/mol. The van der Waals surface area contributed by atoms with Crippen LogP contribution in [0.2, 0.25) is 0 Å². The van der Waals surface area contributed by atoms with Crippen LogP contribution in [0, 0.1) is 11.3 Å². The zero-order chi connectivity index (χ0) is 18.7. The molecule has 3 aliphatic rings. The number of piperidine rings is 1. The van der Waals surface area contributed by atoms with Gasteiger partial charge in [0.05, 0.1) is 6.61 Å². The highest BCUT2D eigenvalue weighted by atomic mass is 16.6. The predicted molar refractivity (Wildman–Crippen MR) is 95.7 cm³/mol. The summed E-state index contributed by atoms with van der Waals surface area (Å²) >= 11 is 0. The van der Waals surface area contributed by atoms with Gasteiger partial charge in [-0.2, -0.15) is 0 Å². The highest BCUT2D eigenvalue weighted by Crippen LogP contribution is 2.43. The monoisotopic (exact) mass is 361 g/mol. The maximum absolute atomic E-state index is 13.2. The minimum absolute atomic E-state index is 0.0930. The summed E-state index contributed by atoms with van der Waals surface area (Å²) in [7, 11) is 0. The van der Waals surface area contributed by atoms with Gasteiger partial charge in [-0.25, -0.2) is 4.79 Å². The Morgan fingerprint density at radius 3 is 2.38 bits per heavy atom. The largest absolute Gasteiger partial charge is 0.449 e. The van der Waals surface area contributed by atoms with Crippen molar-refractivity contribution in [1.29, 1.82) is 0 Å². The lowest BCUT2D eigenvalue weighted by molar-refractivity contribution is -0.145. The lowest BCUT2D eigenvalue weighted by Gasteiger charge is -2.35. The van der Waals surface area contributed by atoms with Crippen LogP contribution >= 0.6 is 0 Å². The summed E-state index contributed by atoms with van der Waals surface area (Å²) in [6.07, 6.45) is 9.47. The molecular weight excluding hydrogens is 334 g/mol. The molecule has 0 radical (unpaired) electrons. The van der Waals surface area contributed by atoms with E-state index in [0.29, 0.717) is 32.8 Å². The van der Waals surface area contributed by atoms with Crippen molar-refractivity contribution in [3.05, 3.63) is 24.6 Å². The minimum Gasteiger partial charge on any atom is -0.449 e. The van der Waals surface area contributed by atoms with E-state index < -0.39 is 17.4 Å². The second-order valence-electron chi connectivity index (χ2n) is 7.02. The van der Waals surface area contributed by atoms with E-state index in [1.165, 1.54) is 4.90 Å². The SMILES string of the molecule is CCOC(=O)N1C=CC2(C=C1)CN(CC)C(=O)C2C(=O)N1CCCCC1. The first-order valence-electron chi connectivity index (χ1n) is 9.44. The first kappa shape index (κ1) is 18.5. The molecule has 3 heterocycles. The number of carbonyl (C=O) groups is 3. The van der Waals surface area contributed by atoms with E-state index in [-0.39, 0.29) is 11.8 Å². The van der Waals surface area contributed by atoms with Crippen LogP contribution in [-0.2, 0) is 14.3 Å². The zero-order valence-corrected chi connectivity index (χ0v) is 15.5. The average Bonchev–Trinajstić information content (AvgIpc) is 2.94. The number of ether oxygens (including phenoxy) is 1. The molecule has 7 heteroatoms. The van der Waals surface area contributed by atoms with Crippen LogP contribution in [0.25, 0.3) is 0 Å². The summed E-state index contributed by atoms with van der Waals surface area (Å²) < 4.78 is 5.00. The first-order valence-corrected chi connectivity index (χ1v) is 9.44. The molecule has 0 aromatic heterocycles. The molecule has 0 saturated carbocycles. The number of likely N-dealkylation sites (tertiary alicyclic amines) is 2. The molecule has 1 spiro atoms. The number of amides is 3. The van der Waals surface area contributed by atoms with Crippen LogP contribution < -0.4 is 0 Å². The van der Waals surface area contributed by atoms with E-state index in [1.54, 1.807) is 24.2 Å². The van der Waals surface area contributed by atoms with Gasteiger partial charge in [-0.15, -0.1) is 0 Å². The molecule has 7 nitrogen and oxygen atoms in total. The third-order valence-corrected chi connectivity index (χ3v) is 5.43. The Morgan fingerprint density at radius 1 is 1.15 bits per heavy atom. The van der Waals surface area contributed by atoms with Crippen molar-refractivity contribution >= 4 is 17.9 Å². The van der Waals surface area contributed by atoms with Gasteiger partial charge in [0.15, 0.2) is 0 Å². The fraction of sp³-hybridized carbons (Fsp3) is 0.632. The smallest absolute Gasteiger partial charge is 0.417 e. The fourth-order valence-corrected chi connectivity index (χ4v) is 3.97. The van der Waals surface area contributed by atoms with Crippen molar-refractivity contribution < 1.29 is 19.1 Å². The van der Waals surface area contributed by atoms with Gasteiger partial charge in [0.2, 0.25) is 11.8 Å². The lowest BCUT2D eigenvalue weighted by Crippen LogP contribution is -2.47. The van der Waals surface area contributed by atoms with Crippen molar-refractivity contribution in [2.24, 2.45) is 11.3 Å². The molecule has 3 aliphatic heterocycles. The number of rotatable bonds is 3. The van der Waals surface area contributed by atoms with Crippen molar-refractivity contribution in [3.8, 4) is 0 Å². The molecule has 1 atom stereocenters. The minimum atomic E-state index is -0.752. The van der Waals surface area contributed by atoms with E-state index in [9.17, 15) is 14.4 Å². The fourth-order valence-electron chi connectivity index (χ4n) is 3.97. The van der Waals surface area contributed by atoms with Gasteiger partial charge in [-0.3, -0.25) is 14.5 Å². The summed E-state index contributed by atoms with van der Waals surface area (Å²) in [5.41, 5.74) is -0.704. The van der Waals surface area contributed by atoms with E-state index in [1.807, 2.05) is 24.0 Å². The summed E-state index contributed by atoms with van der Waals surface area (Å²) in [4.78, 5) is 42.9. The third kappa shape index (κ3) is 3.22. The topological polar surface area (TPSA) is 70.2 Å². The van der Waals surface area contributed by atoms with Gasteiger partial charge in [0.25, 0.3) is 0 Å². The van der Waals surface area contributed by atoms with Crippen LogP contribution in [0.3, 0.4) is 0 Å². The second kappa shape index (κ2) is 7.51. The van der Waals surface area contributed by atoms with E-state index in [2.05, 4.69) is 0 Å². The van der Waals surface area contributed by atoms with Crippen LogP contribution in [0.1, 0.15) is 33.1 Å². The van der Waals surface area contributed by atoms with Crippen molar-refractivity contribution in [2.45, 2.75) is 33.1 Å². The Balaban J connectivity index is 1.85. The van der Waals surface area contributed by atoms with E-state index >= 15 is 0 Å². The van der Waals surface area contributed by atoms with E-state index in [4.69, 9.17) is 4.74 Å². The molecule has 2 fully saturated rings. The molecule has 3 rings (SSSR count). The highest BCUT2D eigenvalue weighted by molar-refractivity contribution is 6.03. The Morgan fingerprint density at radius 2 is 1.81 bits per heavy atom. The highest BCUT2D eigenvalue weighted by Gasteiger charge is 2.54. The Hall–Kier alpha value is -2.31.